The van der Waals surface area contributed by atoms with Crippen molar-refractivity contribution >= 4 is 35.0 Å². The van der Waals surface area contributed by atoms with Gasteiger partial charge < -0.3 is 14.6 Å². The van der Waals surface area contributed by atoms with Crippen LogP contribution in [0.4, 0.5) is 5.69 Å². The lowest BCUT2D eigenvalue weighted by atomic mass is 10.0. The minimum atomic E-state index is -0.102. The Bertz CT molecular complexity index is 1070. The van der Waals surface area contributed by atoms with E-state index in [1.165, 1.54) is 22.9 Å². The molecule has 0 aliphatic rings. The zero-order valence-electron chi connectivity index (χ0n) is 18.2. The Morgan fingerprint density at radius 3 is 2.68 bits per heavy atom. The number of aryl methyl sites for hydroxylation is 4. The van der Waals surface area contributed by atoms with E-state index in [-0.39, 0.29) is 11.7 Å². The van der Waals surface area contributed by atoms with Gasteiger partial charge in [0.25, 0.3) is 0 Å². The van der Waals surface area contributed by atoms with Crippen LogP contribution in [0, 0.1) is 13.8 Å². The molecule has 0 aliphatic heterocycles. The first-order valence-electron chi connectivity index (χ1n) is 10.1. The molecule has 0 radical (unpaired) electrons. The van der Waals surface area contributed by atoms with Crippen LogP contribution in [0.25, 0.3) is 0 Å². The number of anilines is 1. The second-order valence-corrected chi connectivity index (χ2v) is 8.78. The maximum atomic E-state index is 12.3. The first-order chi connectivity index (χ1) is 14.9. The zero-order valence-corrected chi connectivity index (χ0v) is 19.8. The van der Waals surface area contributed by atoms with Gasteiger partial charge in [0.05, 0.1) is 12.9 Å². The maximum Gasteiger partial charge on any atom is 0.234 e. The largest absolute Gasteiger partial charge is 0.497 e. The molecule has 0 atom stereocenters. The fraction of sp³-hybridized carbons (Fsp3) is 0.348. The number of carbonyl (C=O) groups is 1. The summed E-state index contributed by atoms with van der Waals surface area (Å²) in [6.45, 7) is 4.03. The number of hydrogen-bond acceptors (Lipinski definition) is 5. The SMILES string of the molecule is COc1ccc(CCCc2nnc(SCC(=O)Nc3cc(Cl)ccc3C)n2C)c(C)c1. The van der Waals surface area contributed by atoms with Gasteiger partial charge in [-0.2, -0.15) is 0 Å². The normalized spacial score (nSPS) is 10.9. The number of nitrogens with zero attached hydrogens (tertiary/aromatic N) is 3. The quantitative estimate of drug-likeness (QED) is 0.457. The molecule has 2 aromatic carbocycles. The number of nitrogens with one attached hydrogen (secondary N) is 1. The van der Waals surface area contributed by atoms with Gasteiger partial charge in [-0.15, -0.1) is 10.2 Å². The molecule has 1 amide bonds. The van der Waals surface area contributed by atoms with E-state index in [1.807, 2.05) is 30.7 Å². The molecular formula is C23H27ClN4O2S. The van der Waals surface area contributed by atoms with Gasteiger partial charge in [0.15, 0.2) is 5.16 Å². The minimum absolute atomic E-state index is 0.102. The number of aromatic nitrogens is 3. The van der Waals surface area contributed by atoms with Crippen LogP contribution in [-0.2, 0) is 24.7 Å². The summed E-state index contributed by atoms with van der Waals surface area (Å²) >= 11 is 7.39. The zero-order chi connectivity index (χ0) is 22.4. The van der Waals surface area contributed by atoms with Crippen LogP contribution in [0.3, 0.4) is 0 Å². The highest BCUT2D eigenvalue weighted by molar-refractivity contribution is 7.99. The van der Waals surface area contributed by atoms with E-state index in [0.717, 1.165) is 47.2 Å². The summed E-state index contributed by atoms with van der Waals surface area (Å²) in [5, 5.41) is 12.8. The van der Waals surface area contributed by atoms with Gasteiger partial charge in [0.2, 0.25) is 5.91 Å². The summed E-state index contributed by atoms with van der Waals surface area (Å²) in [7, 11) is 3.62. The van der Waals surface area contributed by atoms with Gasteiger partial charge in [0, 0.05) is 24.2 Å². The van der Waals surface area contributed by atoms with Crippen molar-refractivity contribution in [3.63, 3.8) is 0 Å². The summed E-state index contributed by atoms with van der Waals surface area (Å²) in [6.07, 6.45) is 2.76. The Morgan fingerprint density at radius 2 is 1.94 bits per heavy atom. The molecule has 8 heteroatoms. The van der Waals surface area contributed by atoms with E-state index in [1.54, 1.807) is 19.2 Å². The second-order valence-electron chi connectivity index (χ2n) is 7.40. The highest BCUT2D eigenvalue weighted by Gasteiger charge is 2.13. The number of benzene rings is 2. The van der Waals surface area contributed by atoms with Gasteiger partial charge in [0.1, 0.15) is 11.6 Å². The molecule has 0 saturated heterocycles. The average molecular weight is 459 g/mol. The second kappa shape index (κ2) is 10.7. The summed E-state index contributed by atoms with van der Waals surface area (Å²) < 4.78 is 7.23. The lowest BCUT2D eigenvalue weighted by Crippen LogP contribution is -2.15. The highest BCUT2D eigenvalue weighted by atomic mass is 35.5. The molecule has 1 heterocycles. The standard InChI is InChI=1S/C23H27ClN4O2S/c1-15-8-10-18(24)13-20(15)25-22(29)14-31-23-27-26-21(28(23)3)7-5-6-17-9-11-19(30-4)12-16(17)2/h8-13H,5-7,14H2,1-4H3,(H,25,29). The molecule has 1 aromatic heterocycles. The van der Waals surface area contributed by atoms with Crippen molar-refractivity contribution in [2.45, 2.75) is 38.3 Å². The number of methoxy groups -OCH3 is 1. The minimum Gasteiger partial charge on any atom is -0.497 e. The molecule has 0 saturated carbocycles. The first kappa shape index (κ1) is 23.2. The third kappa shape index (κ3) is 6.24. The van der Waals surface area contributed by atoms with E-state index in [2.05, 4.69) is 34.6 Å². The predicted molar refractivity (Wildman–Crippen MR) is 126 cm³/mol. The highest BCUT2D eigenvalue weighted by Crippen LogP contribution is 2.22. The monoisotopic (exact) mass is 458 g/mol. The van der Waals surface area contributed by atoms with Crippen LogP contribution >= 0.6 is 23.4 Å². The van der Waals surface area contributed by atoms with E-state index < -0.39 is 0 Å². The lowest BCUT2D eigenvalue weighted by Gasteiger charge is -2.09. The molecule has 0 bridgehead atoms. The van der Waals surface area contributed by atoms with Gasteiger partial charge >= 0.3 is 0 Å². The molecule has 0 aliphatic carbocycles. The maximum absolute atomic E-state index is 12.3. The number of hydrogen-bond donors (Lipinski definition) is 1. The molecule has 0 spiro atoms. The first-order valence-corrected chi connectivity index (χ1v) is 11.4. The van der Waals surface area contributed by atoms with E-state index in [4.69, 9.17) is 16.3 Å². The van der Waals surface area contributed by atoms with Crippen molar-refractivity contribution < 1.29 is 9.53 Å². The van der Waals surface area contributed by atoms with Crippen molar-refractivity contribution in [1.29, 1.82) is 0 Å². The van der Waals surface area contributed by atoms with Gasteiger partial charge in [-0.3, -0.25) is 4.79 Å². The molecule has 0 fully saturated rings. The molecule has 164 valence electrons. The summed E-state index contributed by atoms with van der Waals surface area (Å²) in [5.74, 6) is 1.95. The van der Waals surface area contributed by atoms with Crippen LogP contribution in [-0.4, -0.2) is 33.5 Å². The molecule has 0 unspecified atom stereocenters. The van der Waals surface area contributed by atoms with Crippen LogP contribution in [0.15, 0.2) is 41.6 Å². The number of carbonyl (C=O) groups excluding carboxylic acids is 1. The summed E-state index contributed by atoms with van der Waals surface area (Å²) in [6, 6.07) is 11.6. The number of rotatable bonds is 9. The van der Waals surface area contributed by atoms with Crippen molar-refractivity contribution in [1.82, 2.24) is 14.8 Å². The van der Waals surface area contributed by atoms with Gasteiger partial charge in [-0.25, -0.2) is 0 Å². The number of ether oxygens (including phenoxy) is 1. The third-order valence-electron chi connectivity index (χ3n) is 5.13. The Morgan fingerprint density at radius 1 is 1.13 bits per heavy atom. The molecule has 31 heavy (non-hydrogen) atoms. The van der Waals surface area contributed by atoms with Crippen molar-refractivity contribution in [3.8, 4) is 5.75 Å². The van der Waals surface area contributed by atoms with Crippen molar-refractivity contribution in [3.05, 3.63) is 63.9 Å². The molecule has 1 N–H and O–H groups in total. The Balaban J connectivity index is 1.50. The Hall–Kier alpha value is -2.51. The smallest absolute Gasteiger partial charge is 0.234 e. The predicted octanol–water partition coefficient (Wildman–Crippen LogP) is 5.00. The van der Waals surface area contributed by atoms with Crippen LogP contribution in [0.2, 0.25) is 5.02 Å². The van der Waals surface area contributed by atoms with Crippen molar-refractivity contribution in [2.24, 2.45) is 7.05 Å². The van der Waals surface area contributed by atoms with Crippen LogP contribution in [0.1, 0.15) is 28.9 Å². The topological polar surface area (TPSA) is 69.0 Å². The Kier molecular flexibility index (Phi) is 7.98. The number of halogens is 1. The number of amides is 1. The number of thioether (sulfide) groups is 1. The lowest BCUT2D eigenvalue weighted by molar-refractivity contribution is -0.113. The summed E-state index contributed by atoms with van der Waals surface area (Å²) in [5.41, 5.74) is 4.24. The fourth-order valence-electron chi connectivity index (χ4n) is 3.25. The molecular weight excluding hydrogens is 432 g/mol. The van der Waals surface area contributed by atoms with Crippen molar-refractivity contribution in [2.75, 3.05) is 18.2 Å². The van der Waals surface area contributed by atoms with Crippen LogP contribution < -0.4 is 10.1 Å². The molecule has 3 aromatic rings. The van der Waals surface area contributed by atoms with E-state index in [9.17, 15) is 4.79 Å². The van der Waals surface area contributed by atoms with Gasteiger partial charge in [-0.1, -0.05) is 35.5 Å². The summed E-state index contributed by atoms with van der Waals surface area (Å²) in [4.78, 5) is 12.3. The fourth-order valence-corrected chi connectivity index (χ4v) is 4.15. The van der Waals surface area contributed by atoms with E-state index >= 15 is 0 Å². The average Bonchev–Trinajstić information content (AvgIpc) is 3.10. The third-order valence-corrected chi connectivity index (χ3v) is 6.38. The van der Waals surface area contributed by atoms with E-state index in [0.29, 0.717) is 5.02 Å². The van der Waals surface area contributed by atoms with Crippen LogP contribution in [0.5, 0.6) is 5.75 Å². The molecule has 6 nitrogen and oxygen atoms in total. The molecule has 3 rings (SSSR count). The van der Waals surface area contributed by atoms with Gasteiger partial charge in [-0.05, 0) is 67.6 Å². The Labute approximate surface area is 192 Å².